The molecule has 4 aromatic heterocycles. The van der Waals surface area contributed by atoms with Crippen molar-refractivity contribution in [1.82, 2.24) is 30.2 Å². The molecule has 0 bridgehead atoms. The van der Waals surface area contributed by atoms with E-state index >= 15 is 0 Å². The first-order chi connectivity index (χ1) is 23.5. The molecule has 5 heterocycles. The molecule has 1 fully saturated rings. The third-order valence-electron chi connectivity index (χ3n) is 8.64. The number of β-amino-alcohol motifs (C(OH)–C–C–N with tert-alkyl or cyclic N) is 1. The van der Waals surface area contributed by atoms with Gasteiger partial charge in [-0.25, -0.2) is 4.98 Å². The van der Waals surface area contributed by atoms with Gasteiger partial charge in [-0.1, -0.05) is 53.5 Å². The van der Waals surface area contributed by atoms with Crippen LogP contribution in [0.3, 0.4) is 0 Å². The van der Waals surface area contributed by atoms with E-state index in [0.717, 1.165) is 74.8 Å². The fourth-order valence-corrected chi connectivity index (χ4v) is 6.84. The molecule has 0 radical (unpaired) electrons. The fraction of sp³-hybridized carbons (Fsp3) is 0.243. The summed E-state index contributed by atoms with van der Waals surface area (Å²) >= 11 is 14.2. The maximum Gasteiger partial charge on any atom is 0.156 e. The quantitative estimate of drug-likeness (QED) is 0.113. The van der Waals surface area contributed by atoms with Crippen molar-refractivity contribution >= 4 is 56.5 Å². The van der Waals surface area contributed by atoms with Crippen molar-refractivity contribution in [2.45, 2.75) is 32.0 Å². The van der Waals surface area contributed by atoms with Crippen LogP contribution in [0.2, 0.25) is 10.0 Å². The summed E-state index contributed by atoms with van der Waals surface area (Å²) in [6, 6.07) is 19.9. The van der Waals surface area contributed by atoms with Crippen LogP contribution in [-0.4, -0.2) is 67.4 Å². The van der Waals surface area contributed by atoms with Crippen LogP contribution in [0.5, 0.6) is 0 Å². The zero-order valence-corrected chi connectivity index (χ0v) is 27.7. The second-order valence-electron chi connectivity index (χ2n) is 12.1. The number of hydrogen-bond donors (Lipinski definition) is 4. The van der Waals surface area contributed by atoms with Crippen molar-refractivity contribution in [2.24, 2.45) is 0 Å². The molecule has 7 rings (SSSR count). The number of nitrogens with one attached hydrogen (secondary N) is 2. The van der Waals surface area contributed by atoms with Crippen molar-refractivity contribution < 1.29 is 10.2 Å². The molecule has 48 heavy (non-hydrogen) atoms. The minimum Gasteiger partial charge on any atom is -0.395 e. The number of benzene rings is 2. The maximum atomic E-state index is 9.89. The molecule has 1 aliphatic rings. The van der Waals surface area contributed by atoms with Gasteiger partial charge in [0.15, 0.2) is 5.82 Å². The first-order valence-electron chi connectivity index (χ1n) is 16.0. The molecule has 0 spiro atoms. The number of anilines is 2. The van der Waals surface area contributed by atoms with Gasteiger partial charge in [0.2, 0.25) is 0 Å². The highest BCUT2D eigenvalue weighted by atomic mass is 35.5. The normalized spacial score (nSPS) is 15.0. The lowest BCUT2D eigenvalue weighted by molar-refractivity contribution is 0.175. The van der Waals surface area contributed by atoms with Gasteiger partial charge in [0.05, 0.1) is 39.7 Å². The van der Waals surface area contributed by atoms with Crippen molar-refractivity contribution in [3.8, 4) is 11.1 Å². The van der Waals surface area contributed by atoms with E-state index in [-0.39, 0.29) is 12.7 Å². The molecule has 1 saturated heterocycles. The van der Waals surface area contributed by atoms with Crippen LogP contribution in [0.1, 0.15) is 28.8 Å². The van der Waals surface area contributed by atoms with Crippen molar-refractivity contribution in [1.29, 1.82) is 0 Å². The van der Waals surface area contributed by atoms with E-state index in [1.807, 2.05) is 60.9 Å². The SMILES string of the molecule is OCCNCc1cnc2c(Cc3cccc(-c4cccc(Nc5nccc6cc(CN7CC[C@@H](O)C7)cnc56)c4Cl)c3Cl)nccc2c1. The number of hydrogen-bond acceptors (Lipinski definition) is 9. The van der Waals surface area contributed by atoms with Crippen LogP contribution < -0.4 is 10.6 Å². The average Bonchev–Trinajstić information content (AvgIpc) is 3.51. The Morgan fingerprint density at radius 2 is 1.56 bits per heavy atom. The number of rotatable bonds is 11. The largest absolute Gasteiger partial charge is 0.395 e. The molecular weight excluding hydrogens is 645 g/mol. The first-order valence-corrected chi connectivity index (χ1v) is 16.7. The number of aliphatic hydroxyl groups is 2. The highest BCUT2D eigenvalue weighted by Gasteiger charge is 2.21. The number of pyridine rings is 4. The Labute approximate surface area is 288 Å². The molecule has 6 aromatic rings. The van der Waals surface area contributed by atoms with Crippen molar-refractivity contribution in [2.75, 3.05) is 31.6 Å². The minimum atomic E-state index is -0.254. The van der Waals surface area contributed by atoms with Crippen molar-refractivity contribution in [3.05, 3.63) is 118 Å². The summed E-state index contributed by atoms with van der Waals surface area (Å²) < 4.78 is 0. The second kappa shape index (κ2) is 14.5. The van der Waals surface area contributed by atoms with Gasteiger partial charge < -0.3 is 20.8 Å². The molecule has 0 saturated carbocycles. The molecule has 1 aliphatic heterocycles. The Morgan fingerprint density at radius 3 is 2.38 bits per heavy atom. The van der Waals surface area contributed by atoms with Crippen LogP contribution in [0.15, 0.2) is 85.5 Å². The van der Waals surface area contributed by atoms with E-state index in [9.17, 15) is 5.11 Å². The molecule has 2 aromatic carbocycles. The van der Waals surface area contributed by atoms with E-state index in [1.165, 1.54) is 0 Å². The molecule has 4 N–H and O–H groups in total. The van der Waals surface area contributed by atoms with Crippen LogP contribution in [0.25, 0.3) is 32.9 Å². The third-order valence-corrected chi connectivity index (χ3v) is 9.49. The van der Waals surface area contributed by atoms with E-state index in [0.29, 0.717) is 47.6 Å². The van der Waals surface area contributed by atoms with E-state index < -0.39 is 0 Å². The van der Waals surface area contributed by atoms with Gasteiger partial charge >= 0.3 is 0 Å². The van der Waals surface area contributed by atoms with E-state index in [2.05, 4.69) is 37.6 Å². The molecule has 0 aliphatic carbocycles. The Kier molecular flexibility index (Phi) is 9.76. The summed E-state index contributed by atoms with van der Waals surface area (Å²) in [6.07, 6.45) is 8.33. The third kappa shape index (κ3) is 6.98. The summed E-state index contributed by atoms with van der Waals surface area (Å²) in [7, 11) is 0. The lowest BCUT2D eigenvalue weighted by Crippen LogP contribution is -2.21. The van der Waals surface area contributed by atoms with Gasteiger partial charge in [-0.15, -0.1) is 0 Å². The number of likely N-dealkylation sites (tertiary alicyclic amines) is 1. The summed E-state index contributed by atoms with van der Waals surface area (Å²) in [4.78, 5) is 21.0. The Balaban J connectivity index is 1.13. The molecule has 0 unspecified atom stereocenters. The molecule has 11 heteroatoms. The minimum absolute atomic E-state index is 0.0909. The number of aromatic nitrogens is 4. The summed E-state index contributed by atoms with van der Waals surface area (Å²) in [5.41, 5.74) is 7.74. The standard InChI is InChI=1S/C37H35Cl2N7O2/c38-33-25(17-32-35-26(7-10-41-32)15-23(19-43-35)18-40-12-14-47)3-1-4-29(33)30-5-2-6-31(34(30)39)45-37-36-27(8-11-42-37)16-24(20-44-36)21-46-13-9-28(48)22-46/h1-8,10-11,15-16,19-20,28,40,47-48H,9,12-14,17-18,21-22H2,(H,42,45)/t28-/m1/s1. The highest BCUT2D eigenvalue weighted by molar-refractivity contribution is 6.38. The number of aliphatic hydroxyl groups excluding tert-OH is 2. The van der Waals surface area contributed by atoms with Gasteiger partial charge in [0.1, 0.15) is 5.52 Å². The lowest BCUT2D eigenvalue weighted by atomic mass is 9.99. The summed E-state index contributed by atoms with van der Waals surface area (Å²) in [5.74, 6) is 0.608. The van der Waals surface area contributed by atoms with E-state index in [1.54, 1.807) is 12.4 Å². The van der Waals surface area contributed by atoms with E-state index in [4.69, 9.17) is 38.3 Å². The predicted octanol–water partition coefficient (Wildman–Crippen LogP) is 6.53. The van der Waals surface area contributed by atoms with Gasteiger partial charge in [0.25, 0.3) is 0 Å². The maximum absolute atomic E-state index is 9.89. The Bertz CT molecular complexity index is 2090. The highest BCUT2D eigenvalue weighted by Crippen LogP contribution is 2.40. The molecule has 1 atom stereocenters. The monoisotopic (exact) mass is 679 g/mol. The topological polar surface area (TPSA) is 119 Å². The van der Waals surface area contributed by atoms with Gasteiger partial charge in [-0.05, 0) is 53.4 Å². The zero-order valence-electron chi connectivity index (χ0n) is 26.2. The lowest BCUT2D eigenvalue weighted by Gasteiger charge is -2.16. The molecule has 9 nitrogen and oxygen atoms in total. The second-order valence-corrected chi connectivity index (χ2v) is 12.8. The fourth-order valence-electron chi connectivity index (χ4n) is 6.27. The Morgan fingerprint density at radius 1 is 0.833 bits per heavy atom. The summed E-state index contributed by atoms with van der Waals surface area (Å²) in [5, 5.41) is 28.6. The molecule has 0 amide bonds. The Hall–Kier alpha value is -4.22. The van der Waals surface area contributed by atoms with Gasteiger partial charge in [-0.2, -0.15) is 0 Å². The predicted molar refractivity (Wildman–Crippen MR) is 192 cm³/mol. The van der Waals surface area contributed by atoms with Crippen LogP contribution in [0.4, 0.5) is 11.5 Å². The van der Waals surface area contributed by atoms with Crippen LogP contribution in [-0.2, 0) is 19.5 Å². The number of halogens is 2. The van der Waals surface area contributed by atoms with Gasteiger partial charge in [0, 0.05) is 85.8 Å². The first kappa shape index (κ1) is 32.3. The number of nitrogens with zero attached hydrogens (tertiary/aromatic N) is 5. The van der Waals surface area contributed by atoms with Gasteiger partial charge in [-0.3, -0.25) is 19.9 Å². The summed E-state index contributed by atoms with van der Waals surface area (Å²) in [6.45, 7) is 3.56. The molecular formula is C37H35Cl2N7O2. The number of fused-ring (bicyclic) bond motifs is 2. The smallest absolute Gasteiger partial charge is 0.156 e. The zero-order chi connectivity index (χ0) is 33.0. The van der Waals surface area contributed by atoms with Crippen molar-refractivity contribution in [3.63, 3.8) is 0 Å². The average molecular weight is 681 g/mol. The van der Waals surface area contributed by atoms with Crippen LogP contribution in [0, 0.1) is 0 Å². The molecule has 244 valence electrons. The van der Waals surface area contributed by atoms with Crippen LogP contribution >= 0.6 is 23.2 Å².